The number of nitrogens with zero attached hydrogens (tertiary/aromatic N) is 2. The third-order valence-corrected chi connectivity index (χ3v) is 4.40. The van der Waals surface area contributed by atoms with Gasteiger partial charge in [-0.25, -0.2) is 0 Å². The zero-order valence-electron chi connectivity index (χ0n) is 13.4. The largest absolute Gasteiger partial charge is 0.465 e. The van der Waals surface area contributed by atoms with E-state index in [9.17, 15) is 14.9 Å². The van der Waals surface area contributed by atoms with Gasteiger partial charge in [-0.05, 0) is 25.1 Å². The lowest BCUT2D eigenvalue weighted by molar-refractivity contribution is -0.384. The third-order valence-electron chi connectivity index (χ3n) is 4.40. The van der Waals surface area contributed by atoms with E-state index < -0.39 is 11.2 Å². The van der Waals surface area contributed by atoms with Gasteiger partial charge in [-0.1, -0.05) is 18.2 Å². The summed E-state index contributed by atoms with van der Waals surface area (Å²) < 4.78 is 6.06. The van der Waals surface area contributed by atoms with Crippen LogP contribution in [0.2, 0.25) is 0 Å². The molecule has 0 saturated carbocycles. The molecule has 0 spiro atoms. The number of fused-ring (bicyclic) bond motifs is 3. The van der Waals surface area contributed by atoms with E-state index in [0.29, 0.717) is 34.8 Å². The first kappa shape index (κ1) is 15.2. The Morgan fingerprint density at radius 3 is 2.80 bits per heavy atom. The van der Waals surface area contributed by atoms with Crippen LogP contribution in [0.5, 0.6) is 5.75 Å². The van der Waals surface area contributed by atoms with Crippen molar-refractivity contribution < 1.29 is 14.5 Å². The number of ether oxygens (including phenoxy) is 1. The molecule has 0 radical (unpaired) electrons. The van der Waals surface area contributed by atoms with Crippen molar-refractivity contribution in [3.63, 3.8) is 0 Å². The van der Waals surface area contributed by atoms with E-state index in [0.717, 1.165) is 0 Å². The topological polar surface area (TPSA) is 84.7 Å². The zero-order valence-corrected chi connectivity index (χ0v) is 13.4. The van der Waals surface area contributed by atoms with Gasteiger partial charge in [0, 0.05) is 18.8 Å². The minimum absolute atomic E-state index is 0.0311. The van der Waals surface area contributed by atoms with Crippen LogP contribution < -0.4 is 15.0 Å². The maximum Gasteiger partial charge on any atom is 0.294 e. The van der Waals surface area contributed by atoms with Crippen molar-refractivity contribution in [2.24, 2.45) is 0 Å². The highest BCUT2D eigenvalue weighted by Crippen LogP contribution is 2.42. The molecule has 7 nitrogen and oxygen atoms in total. The van der Waals surface area contributed by atoms with Gasteiger partial charge in [-0.2, -0.15) is 0 Å². The molecular formula is C18H15N3O4. The first-order valence-corrected chi connectivity index (χ1v) is 7.93. The molecule has 1 unspecified atom stereocenters. The fourth-order valence-electron chi connectivity index (χ4n) is 3.27. The van der Waals surface area contributed by atoms with Crippen molar-refractivity contribution in [3.05, 3.63) is 69.9 Å². The Kier molecular flexibility index (Phi) is 3.42. The molecule has 0 aromatic heterocycles. The van der Waals surface area contributed by atoms with Gasteiger partial charge in [0.15, 0.2) is 5.78 Å². The molecule has 2 aromatic rings. The van der Waals surface area contributed by atoms with Crippen LogP contribution in [-0.2, 0) is 0 Å². The lowest BCUT2D eigenvalue weighted by Gasteiger charge is -2.35. The van der Waals surface area contributed by atoms with Gasteiger partial charge >= 0.3 is 0 Å². The second-order valence-corrected chi connectivity index (χ2v) is 5.76. The number of anilines is 2. The number of para-hydroxylation sites is 2. The SMILES string of the molecule is CCN1c2c(cccc2[N+](=O)[O-])NC=C2C(=O)c3ccccc3OC21. The molecule has 2 aromatic carbocycles. The van der Waals surface area contributed by atoms with Gasteiger partial charge in [-0.15, -0.1) is 0 Å². The van der Waals surface area contributed by atoms with Crippen LogP contribution in [0.3, 0.4) is 0 Å². The fourth-order valence-corrected chi connectivity index (χ4v) is 3.27. The smallest absolute Gasteiger partial charge is 0.294 e. The summed E-state index contributed by atoms with van der Waals surface area (Å²) in [5.74, 6) is 0.336. The van der Waals surface area contributed by atoms with Gasteiger partial charge in [0.25, 0.3) is 5.69 Å². The second-order valence-electron chi connectivity index (χ2n) is 5.76. The molecule has 0 amide bonds. The number of carbonyl (C=O) groups is 1. The summed E-state index contributed by atoms with van der Waals surface area (Å²) in [4.78, 5) is 25.7. The van der Waals surface area contributed by atoms with Crippen LogP contribution in [0.1, 0.15) is 17.3 Å². The van der Waals surface area contributed by atoms with Crippen molar-refractivity contribution in [2.75, 3.05) is 16.8 Å². The second kappa shape index (κ2) is 5.62. The normalized spacial score (nSPS) is 18.0. The van der Waals surface area contributed by atoms with E-state index in [1.54, 1.807) is 47.5 Å². The number of hydrogen-bond acceptors (Lipinski definition) is 6. The monoisotopic (exact) mass is 337 g/mol. The van der Waals surface area contributed by atoms with Gasteiger partial charge in [0.05, 0.1) is 21.7 Å². The molecule has 0 aliphatic carbocycles. The van der Waals surface area contributed by atoms with Crippen LogP contribution in [0.25, 0.3) is 0 Å². The molecule has 0 fully saturated rings. The Balaban J connectivity index is 1.91. The zero-order chi connectivity index (χ0) is 17.6. The Bertz CT molecular complexity index is 922. The van der Waals surface area contributed by atoms with Gasteiger partial charge in [0.2, 0.25) is 6.23 Å². The predicted octanol–water partition coefficient (Wildman–Crippen LogP) is 3.33. The molecular weight excluding hydrogens is 322 g/mol. The fraction of sp³-hybridized carbons (Fsp3) is 0.167. The quantitative estimate of drug-likeness (QED) is 0.668. The van der Waals surface area contributed by atoms with Crippen molar-refractivity contribution in [3.8, 4) is 5.75 Å². The molecule has 0 saturated heterocycles. The number of nitro groups is 1. The molecule has 126 valence electrons. The Morgan fingerprint density at radius 1 is 1.24 bits per heavy atom. The molecule has 1 N–H and O–H groups in total. The summed E-state index contributed by atoms with van der Waals surface area (Å²) in [7, 11) is 0. The van der Waals surface area contributed by atoms with E-state index >= 15 is 0 Å². The first-order chi connectivity index (χ1) is 12.1. The molecule has 7 heteroatoms. The number of benzene rings is 2. The average Bonchev–Trinajstić information content (AvgIpc) is 2.78. The van der Waals surface area contributed by atoms with Crippen molar-refractivity contribution in [1.29, 1.82) is 0 Å². The van der Waals surface area contributed by atoms with Crippen molar-refractivity contribution in [2.45, 2.75) is 13.2 Å². The highest BCUT2D eigenvalue weighted by atomic mass is 16.6. The van der Waals surface area contributed by atoms with E-state index in [4.69, 9.17) is 4.74 Å². The minimum Gasteiger partial charge on any atom is -0.465 e. The summed E-state index contributed by atoms with van der Waals surface area (Å²) in [5.41, 5.74) is 1.86. The molecule has 2 aliphatic rings. The highest BCUT2D eigenvalue weighted by molar-refractivity contribution is 6.13. The van der Waals surface area contributed by atoms with Crippen LogP contribution in [0.4, 0.5) is 17.1 Å². The number of nitrogens with one attached hydrogen (secondary N) is 1. The van der Waals surface area contributed by atoms with Gasteiger partial charge in [-0.3, -0.25) is 14.9 Å². The molecule has 4 rings (SSSR count). The van der Waals surface area contributed by atoms with E-state index in [1.807, 2.05) is 6.92 Å². The average molecular weight is 337 g/mol. The van der Waals surface area contributed by atoms with E-state index in [2.05, 4.69) is 5.32 Å². The highest BCUT2D eigenvalue weighted by Gasteiger charge is 2.39. The number of ketones is 1. The van der Waals surface area contributed by atoms with Crippen molar-refractivity contribution >= 4 is 22.8 Å². The Hall–Kier alpha value is -3.35. The maximum absolute atomic E-state index is 12.9. The molecule has 25 heavy (non-hydrogen) atoms. The summed E-state index contributed by atoms with van der Waals surface area (Å²) in [6.45, 7) is 2.31. The third kappa shape index (κ3) is 2.24. The number of Topliss-reactive ketones (excluding diaryl/α,β-unsaturated/α-hetero) is 1. The predicted molar refractivity (Wildman–Crippen MR) is 93.0 cm³/mol. The molecule has 2 heterocycles. The summed E-state index contributed by atoms with van der Waals surface area (Å²) in [6.07, 6.45) is 0.864. The Labute approximate surface area is 143 Å². The lowest BCUT2D eigenvalue weighted by Crippen LogP contribution is -2.45. The minimum atomic E-state index is -0.720. The molecule has 0 bridgehead atoms. The number of nitro benzene ring substituents is 1. The number of carbonyl (C=O) groups excluding carboxylic acids is 1. The standard InChI is InChI=1S/C18H15N3O4/c1-2-20-16-13(7-5-8-14(16)21(23)24)19-10-12-17(22)11-6-3-4-9-15(11)25-18(12)20/h3-10,18-19H,2H2,1H3. The van der Waals surface area contributed by atoms with Crippen LogP contribution >= 0.6 is 0 Å². The lowest BCUT2D eigenvalue weighted by atomic mass is 9.98. The molecule has 2 aliphatic heterocycles. The van der Waals surface area contributed by atoms with Crippen molar-refractivity contribution in [1.82, 2.24) is 0 Å². The number of rotatable bonds is 2. The van der Waals surface area contributed by atoms with Crippen LogP contribution in [-0.4, -0.2) is 23.5 Å². The maximum atomic E-state index is 12.9. The Morgan fingerprint density at radius 2 is 2.04 bits per heavy atom. The number of likely N-dealkylation sites (N-methyl/N-ethyl adjacent to an activating group) is 1. The van der Waals surface area contributed by atoms with Gasteiger partial charge in [0.1, 0.15) is 11.4 Å². The molecule has 1 atom stereocenters. The van der Waals surface area contributed by atoms with E-state index in [-0.39, 0.29) is 11.5 Å². The summed E-state index contributed by atoms with van der Waals surface area (Å²) >= 11 is 0. The summed E-state index contributed by atoms with van der Waals surface area (Å²) in [6, 6.07) is 11.8. The van der Waals surface area contributed by atoms with E-state index in [1.165, 1.54) is 6.07 Å². The van der Waals surface area contributed by atoms with Crippen LogP contribution in [0.15, 0.2) is 54.2 Å². The first-order valence-electron chi connectivity index (χ1n) is 7.93. The van der Waals surface area contributed by atoms with Gasteiger partial charge < -0.3 is 15.0 Å². The summed E-state index contributed by atoms with van der Waals surface area (Å²) in [5, 5.41) is 14.5. The van der Waals surface area contributed by atoms with Crippen LogP contribution in [0, 0.1) is 10.1 Å². The number of hydrogen-bond donors (Lipinski definition) is 1.